The summed E-state index contributed by atoms with van der Waals surface area (Å²) in [6, 6.07) is 11.5. The van der Waals surface area contributed by atoms with Crippen molar-refractivity contribution in [3.8, 4) is 34.0 Å². The van der Waals surface area contributed by atoms with Crippen LogP contribution in [0.2, 0.25) is 0 Å². The van der Waals surface area contributed by atoms with Crippen molar-refractivity contribution in [3.63, 3.8) is 0 Å². The molecule has 2 aromatic carbocycles. The molecule has 2 atom stereocenters. The number of halogens is 4. The molecule has 0 bridgehead atoms. The first kappa shape index (κ1) is 30.9. The van der Waals surface area contributed by atoms with Gasteiger partial charge in [-0.25, -0.2) is 19.3 Å². The van der Waals surface area contributed by atoms with E-state index in [-0.39, 0.29) is 40.8 Å². The molecule has 0 radical (unpaired) electrons. The number of benzene rings is 2. The van der Waals surface area contributed by atoms with Crippen LogP contribution in [0.4, 0.5) is 17.6 Å². The van der Waals surface area contributed by atoms with Gasteiger partial charge in [-0.1, -0.05) is 0 Å². The summed E-state index contributed by atoms with van der Waals surface area (Å²) in [4.78, 5) is 37.9. The number of primary amides is 1. The number of aliphatic hydroxyl groups is 1. The smallest absolute Gasteiger partial charge is 0.424 e. The van der Waals surface area contributed by atoms with Crippen molar-refractivity contribution in [2.24, 2.45) is 5.73 Å². The monoisotopic (exact) mass is 637 g/mol. The number of nitrogens with one attached hydrogen (secondary N) is 1. The molecule has 1 fully saturated rings. The summed E-state index contributed by atoms with van der Waals surface area (Å²) < 4.78 is 69.6. The number of fused-ring (bicyclic) bond motifs is 1. The quantitative estimate of drug-likeness (QED) is 0.231. The van der Waals surface area contributed by atoms with E-state index in [1.54, 1.807) is 6.07 Å². The predicted octanol–water partition coefficient (Wildman–Crippen LogP) is 4.20. The molecule has 14 heteroatoms. The molecular weight excluding hydrogens is 610 g/mol. The van der Waals surface area contributed by atoms with E-state index in [1.165, 1.54) is 49.8 Å². The highest BCUT2D eigenvalue weighted by Gasteiger charge is 2.57. The van der Waals surface area contributed by atoms with Crippen LogP contribution in [0, 0.1) is 5.82 Å². The number of pyridine rings is 1. The van der Waals surface area contributed by atoms with Gasteiger partial charge in [0.1, 0.15) is 41.4 Å². The minimum absolute atomic E-state index is 0.0171. The van der Waals surface area contributed by atoms with Crippen LogP contribution < -0.4 is 20.5 Å². The lowest BCUT2D eigenvalue weighted by atomic mass is 9.81. The van der Waals surface area contributed by atoms with Gasteiger partial charge in [0, 0.05) is 28.5 Å². The SMILES string of the molecule is C[C@]1(C(N)=O)COc2c1cc([C@@](O)(CNC(=O)c1ccc(OC3CC3)c(-c3ccncn3)c1)C(F)(F)F)nc2-c1ccc(F)cc1. The average molecular weight is 638 g/mol. The van der Waals surface area contributed by atoms with Gasteiger partial charge in [0.15, 0.2) is 0 Å². The van der Waals surface area contributed by atoms with E-state index >= 15 is 0 Å². The molecule has 1 aliphatic carbocycles. The first-order valence-corrected chi connectivity index (χ1v) is 14.2. The Hall–Kier alpha value is -5.11. The molecule has 1 saturated carbocycles. The number of aromatic nitrogens is 3. The third-order valence-electron chi connectivity index (χ3n) is 8.05. The summed E-state index contributed by atoms with van der Waals surface area (Å²) in [6.45, 7) is -0.256. The molecule has 4 N–H and O–H groups in total. The Morgan fingerprint density at radius 2 is 1.87 bits per heavy atom. The summed E-state index contributed by atoms with van der Waals surface area (Å²) in [5.74, 6) is -2.01. The van der Waals surface area contributed by atoms with E-state index in [0.717, 1.165) is 31.0 Å². The minimum atomic E-state index is -5.36. The Morgan fingerprint density at radius 1 is 1.13 bits per heavy atom. The number of hydrogen-bond acceptors (Lipinski definition) is 8. The summed E-state index contributed by atoms with van der Waals surface area (Å²) in [5.41, 5.74) is 0.164. The van der Waals surface area contributed by atoms with Crippen LogP contribution in [-0.2, 0) is 15.8 Å². The molecule has 238 valence electrons. The molecule has 0 spiro atoms. The summed E-state index contributed by atoms with van der Waals surface area (Å²) in [5, 5.41) is 13.5. The standard InChI is InChI=1S/C32H27F4N5O5/c1-30(29(37)43)15-45-27-22(30)13-25(41-26(27)17-2-5-19(33)6-3-17)31(44,32(34,35)36)14-39-28(42)18-4-9-24(46-20-7-8-20)21(12-18)23-10-11-38-16-40-23/h2-6,9-13,16,20,44H,7-8,14-15H2,1H3,(H2,37,43)(H,39,42)/t30-,31-/m0/s1. The highest BCUT2D eigenvalue weighted by molar-refractivity contribution is 5.96. The maximum atomic E-state index is 14.8. The number of ether oxygens (including phenoxy) is 2. The molecule has 2 amide bonds. The molecule has 6 rings (SSSR count). The van der Waals surface area contributed by atoms with Crippen LogP contribution in [0.25, 0.3) is 22.5 Å². The summed E-state index contributed by atoms with van der Waals surface area (Å²) in [7, 11) is 0. The molecule has 10 nitrogen and oxygen atoms in total. The van der Waals surface area contributed by atoms with Gasteiger partial charge in [0.2, 0.25) is 11.5 Å². The van der Waals surface area contributed by atoms with Gasteiger partial charge in [-0.15, -0.1) is 0 Å². The van der Waals surface area contributed by atoms with E-state index < -0.39 is 47.1 Å². The normalized spacial score (nSPS) is 18.7. The lowest BCUT2D eigenvalue weighted by molar-refractivity contribution is -0.265. The zero-order valence-electron chi connectivity index (χ0n) is 24.3. The maximum Gasteiger partial charge on any atom is 0.424 e. The number of amides is 2. The van der Waals surface area contributed by atoms with Gasteiger partial charge in [-0.3, -0.25) is 9.59 Å². The average Bonchev–Trinajstić information content (AvgIpc) is 3.79. The topological polar surface area (TPSA) is 150 Å². The van der Waals surface area contributed by atoms with Crippen LogP contribution >= 0.6 is 0 Å². The fourth-order valence-electron chi connectivity index (χ4n) is 5.04. The lowest BCUT2D eigenvalue weighted by Gasteiger charge is -2.31. The Bertz CT molecular complexity index is 1820. The first-order valence-electron chi connectivity index (χ1n) is 14.2. The summed E-state index contributed by atoms with van der Waals surface area (Å²) >= 11 is 0. The maximum absolute atomic E-state index is 14.8. The van der Waals surface area contributed by atoms with E-state index in [2.05, 4.69) is 20.3 Å². The highest BCUT2D eigenvalue weighted by atomic mass is 19.4. The van der Waals surface area contributed by atoms with E-state index in [0.29, 0.717) is 17.0 Å². The molecule has 4 aromatic rings. The molecule has 46 heavy (non-hydrogen) atoms. The Balaban J connectivity index is 1.38. The van der Waals surface area contributed by atoms with Crippen molar-refractivity contribution >= 4 is 11.8 Å². The Morgan fingerprint density at radius 3 is 2.50 bits per heavy atom. The number of rotatable bonds is 9. The van der Waals surface area contributed by atoms with Crippen LogP contribution in [0.5, 0.6) is 11.5 Å². The van der Waals surface area contributed by atoms with E-state index in [9.17, 15) is 32.3 Å². The van der Waals surface area contributed by atoms with Gasteiger partial charge in [0.25, 0.3) is 5.91 Å². The fraction of sp³-hybridized carbons (Fsp3) is 0.281. The van der Waals surface area contributed by atoms with Gasteiger partial charge in [0.05, 0.1) is 24.0 Å². The molecule has 3 heterocycles. The predicted molar refractivity (Wildman–Crippen MR) is 155 cm³/mol. The largest absolute Gasteiger partial charge is 0.490 e. The van der Waals surface area contributed by atoms with E-state index in [4.69, 9.17) is 15.2 Å². The molecule has 2 aromatic heterocycles. The first-order chi connectivity index (χ1) is 21.8. The van der Waals surface area contributed by atoms with Crippen molar-refractivity contribution in [3.05, 3.63) is 89.8 Å². The summed E-state index contributed by atoms with van der Waals surface area (Å²) in [6.07, 6.45) is -0.804. The van der Waals surface area contributed by atoms with E-state index in [1.807, 2.05) is 0 Å². The number of alkyl halides is 3. The number of nitrogens with two attached hydrogens (primary N) is 1. The van der Waals surface area contributed by atoms with Gasteiger partial charge in [-0.05, 0) is 74.4 Å². The molecule has 0 saturated heterocycles. The fourth-order valence-corrected chi connectivity index (χ4v) is 5.04. The Kier molecular flexibility index (Phi) is 7.63. The van der Waals surface area contributed by atoms with Crippen LogP contribution in [-0.4, -0.2) is 57.3 Å². The molecule has 1 aliphatic heterocycles. The number of nitrogens with zero attached hydrogens (tertiary/aromatic N) is 3. The third-order valence-corrected chi connectivity index (χ3v) is 8.05. The van der Waals surface area contributed by atoms with Crippen LogP contribution in [0.3, 0.4) is 0 Å². The van der Waals surface area contributed by atoms with Crippen molar-refractivity contribution in [2.45, 2.75) is 43.1 Å². The Labute approximate surface area is 259 Å². The van der Waals surface area contributed by atoms with Gasteiger partial charge < -0.3 is 25.6 Å². The molecule has 0 unspecified atom stereocenters. The number of carbonyl (C=O) groups excluding carboxylic acids is 2. The van der Waals surface area contributed by atoms with Crippen LogP contribution in [0.1, 0.15) is 41.4 Å². The zero-order chi connectivity index (χ0) is 32.9. The van der Waals surface area contributed by atoms with Crippen molar-refractivity contribution < 1.29 is 41.7 Å². The molecule has 2 aliphatic rings. The number of hydrogen-bond donors (Lipinski definition) is 3. The van der Waals surface area contributed by atoms with Gasteiger partial charge in [-0.2, -0.15) is 13.2 Å². The third kappa shape index (κ3) is 5.60. The van der Waals surface area contributed by atoms with Crippen molar-refractivity contribution in [2.75, 3.05) is 13.2 Å². The van der Waals surface area contributed by atoms with Crippen molar-refractivity contribution in [1.29, 1.82) is 0 Å². The van der Waals surface area contributed by atoms with Crippen molar-refractivity contribution in [1.82, 2.24) is 20.3 Å². The zero-order valence-corrected chi connectivity index (χ0v) is 24.3. The van der Waals surface area contributed by atoms with Crippen LogP contribution in [0.15, 0.2) is 67.1 Å². The minimum Gasteiger partial charge on any atom is -0.490 e. The molecular formula is C32H27F4N5O5. The second-order valence-electron chi connectivity index (χ2n) is 11.4. The second kappa shape index (κ2) is 11.4. The highest BCUT2D eigenvalue weighted by Crippen LogP contribution is 2.47. The number of carbonyl (C=O) groups is 2. The lowest BCUT2D eigenvalue weighted by Crippen LogP contribution is -2.51. The van der Waals surface area contributed by atoms with Gasteiger partial charge >= 0.3 is 6.18 Å². The second-order valence-corrected chi connectivity index (χ2v) is 11.4.